The van der Waals surface area contributed by atoms with Crippen LogP contribution in [0.2, 0.25) is 0 Å². The Labute approximate surface area is 124 Å². The molecule has 0 saturated carbocycles. The normalized spacial score (nSPS) is 24.5. The highest BCUT2D eigenvalue weighted by Gasteiger charge is 2.29. The molecule has 2 heterocycles. The average Bonchev–Trinajstić information content (AvgIpc) is 2.94. The number of fused-ring (bicyclic) bond motifs is 1. The summed E-state index contributed by atoms with van der Waals surface area (Å²) in [7, 11) is 0. The zero-order valence-corrected chi connectivity index (χ0v) is 12.6. The van der Waals surface area contributed by atoms with Gasteiger partial charge in [-0.2, -0.15) is 0 Å². The molecule has 1 N–H and O–H groups in total. The van der Waals surface area contributed by atoms with Crippen LogP contribution in [0.4, 0.5) is 0 Å². The molecular weight excluding hydrogens is 272 g/mol. The maximum absolute atomic E-state index is 10.6. The van der Waals surface area contributed by atoms with Gasteiger partial charge < -0.3 is 10.0 Å². The molecule has 1 aromatic rings. The lowest BCUT2D eigenvalue weighted by atomic mass is 9.92. The molecule has 0 amide bonds. The van der Waals surface area contributed by atoms with Crippen LogP contribution >= 0.6 is 11.3 Å². The highest BCUT2D eigenvalue weighted by Crippen LogP contribution is 2.37. The molecule has 1 atom stereocenters. The summed E-state index contributed by atoms with van der Waals surface area (Å²) in [6, 6.07) is 2.91. The van der Waals surface area contributed by atoms with E-state index in [1.54, 1.807) is 10.4 Å². The quantitative estimate of drug-likeness (QED) is 0.925. The number of nitrogens with zero attached hydrogens (tertiary/aromatic N) is 2. The van der Waals surface area contributed by atoms with Gasteiger partial charge in [0.05, 0.1) is 6.42 Å². The van der Waals surface area contributed by atoms with E-state index in [1.165, 1.54) is 19.3 Å². The maximum Gasteiger partial charge on any atom is 0.304 e. The Bertz CT molecular complexity index is 466. The third-order valence-corrected chi connectivity index (χ3v) is 5.51. The van der Waals surface area contributed by atoms with Gasteiger partial charge in [-0.3, -0.25) is 9.69 Å². The molecule has 1 fully saturated rings. The molecule has 4 nitrogen and oxygen atoms in total. The smallest absolute Gasteiger partial charge is 0.304 e. The molecule has 20 heavy (non-hydrogen) atoms. The second kappa shape index (κ2) is 6.24. The third kappa shape index (κ3) is 3.05. The molecular formula is C15H22N2O2S. The van der Waals surface area contributed by atoms with Crippen LogP contribution in [0.1, 0.15) is 35.7 Å². The van der Waals surface area contributed by atoms with Gasteiger partial charge in [0.15, 0.2) is 0 Å². The van der Waals surface area contributed by atoms with E-state index in [2.05, 4.69) is 21.2 Å². The first-order valence-electron chi connectivity index (χ1n) is 7.48. The van der Waals surface area contributed by atoms with Gasteiger partial charge in [0, 0.05) is 43.6 Å². The van der Waals surface area contributed by atoms with Crippen molar-refractivity contribution in [2.45, 2.75) is 31.7 Å². The van der Waals surface area contributed by atoms with Crippen LogP contribution in [0.15, 0.2) is 11.4 Å². The lowest BCUT2D eigenvalue weighted by Crippen LogP contribution is -2.48. The van der Waals surface area contributed by atoms with Gasteiger partial charge in [-0.15, -0.1) is 11.3 Å². The van der Waals surface area contributed by atoms with Crippen molar-refractivity contribution in [1.29, 1.82) is 0 Å². The molecule has 0 bridgehead atoms. The van der Waals surface area contributed by atoms with Crippen LogP contribution in [0.5, 0.6) is 0 Å². The number of hydrogen-bond acceptors (Lipinski definition) is 4. The molecule has 1 aliphatic heterocycles. The summed E-state index contributed by atoms with van der Waals surface area (Å²) in [5.41, 5.74) is 1.56. The number of thiophene rings is 1. The molecule has 1 aromatic heterocycles. The largest absolute Gasteiger partial charge is 0.481 e. The second-order valence-electron chi connectivity index (χ2n) is 5.73. The highest BCUT2D eigenvalue weighted by molar-refractivity contribution is 7.10. The van der Waals surface area contributed by atoms with Crippen LogP contribution in [-0.2, 0) is 11.2 Å². The molecule has 0 spiro atoms. The van der Waals surface area contributed by atoms with Crippen LogP contribution in [-0.4, -0.2) is 53.6 Å². The Morgan fingerprint density at radius 3 is 2.90 bits per heavy atom. The molecule has 110 valence electrons. The molecule has 1 saturated heterocycles. The van der Waals surface area contributed by atoms with Crippen LogP contribution < -0.4 is 0 Å². The number of piperazine rings is 1. The molecule has 1 aliphatic carbocycles. The topological polar surface area (TPSA) is 43.8 Å². The number of hydrogen-bond donors (Lipinski definition) is 1. The van der Waals surface area contributed by atoms with E-state index < -0.39 is 5.97 Å². The van der Waals surface area contributed by atoms with Gasteiger partial charge in [-0.05, 0) is 36.3 Å². The Morgan fingerprint density at radius 2 is 2.15 bits per heavy atom. The first kappa shape index (κ1) is 14.0. The van der Waals surface area contributed by atoms with Crippen LogP contribution in [0.25, 0.3) is 0 Å². The van der Waals surface area contributed by atoms with Gasteiger partial charge >= 0.3 is 5.97 Å². The fraction of sp³-hybridized carbons (Fsp3) is 0.667. The van der Waals surface area contributed by atoms with Crippen molar-refractivity contribution < 1.29 is 9.90 Å². The summed E-state index contributed by atoms with van der Waals surface area (Å²) in [6.07, 6.45) is 4.09. The van der Waals surface area contributed by atoms with E-state index in [1.807, 2.05) is 11.3 Å². The number of rotatable bonds is 4. The van der Waals surface area contributed by atoms with Crippen molar-refractivity contribution in [3.8, 4) is 0 Å². The zero-order valence-electron chi connectivity index (χ0n) is 11.8. The summed E-state index contributed by atoms with van der Waals surface area (Å²) < 4.78 is 0. The van der Waals surface area contributed by atoms with E-state index in [4.69, 9.17) is 5.11 Å². The fourth-order valence-electron chi connectivity index (χ4n) is 3.39. The number of carbonyl (C=O) groups is 1. The lowest BCUT2D eigenvalue weighted by molar-refractivity contribution is -0.137. The van der Waals surface area contributed by atoms with E-state index in [-0.39, 0.29) is 6.42 Å². The first-order valence-corrected chi connectivity index (χ1v) is 8.36. The fourth-order valence-corrected chi connectivity index (χ4v) is 4.38. The lowest BCUT2D eigenvalue weighted by Gasteiger charge is -2.40. The number of carboxylic acid groups (broad SMARTS) is 1. The Kier molecular flexibility index (Phi) is 4.38. The Hall–Kier alpha value is -0.910. The second-order valence-corrected chi connectivity index (χ2v) is 6.73. The van der Waals surface area contributed by atoms with E-state index >= 15 is 0 Å². The molecule has 0 aromatic carbocycles. The Morgan fingerprint density at radius 1 is 1.35 bits per heavy atom. The monoisotopic (exact) mass is 294 g/mol. The van der Waals surface area contributed by atoms with Crippen molar-refractivity contribution in [2.75, 3.05) is 32.7 Å². The molecule has 0 radical (unpaired) electrons. The maximum atomic E-state index is 10.6. The van der Waals surface area contributed by atoms with Gasteiger partial charge in [-0.25, -0.2) is 0 Å². The van der Waals surface area contributed by atoms with Crippen molar-refractivity contribution in [3.63, 3.8) is 0 Å². The first-order chi connectivity index (χ1) is 9.74. The summed E-state index contributed by atoms with van der Waals surface area (Å²) in [5.74, 6) is -0.692. The standard InChI is InChI=1S/C15H22N2O2S/c18-15(19)4-6-16-7-9-17(10-8-16)13-2-1-3-14-12(13)5-11-20-14/h5,11,13H,1-4,6-10H2,(H,18,19). The summed E-state index contributed by atoms with van der Waals surface area (Å²) in [6.45, 7) is 4.84. The van der Waals surface area contributed by atoms with Crippen molar-refractivity contribution in [3.05, 3.63) is 21.9 Å². The molecule has 3 rings (SSSR count). The van der Waals surface area contributed by atoms with Gasteiger partial charge in [0.1, 0.15) is 0 Å². The summed E-state index contributed by atoms with van der Waals surface area (Å²) >= 11 is 1.90. The minimum Gasteiger partial charge on any atom is -0.481 e. The SMILES string of the molecule is O=C(O)CCN1CCN(C2CCCc3sccc32)CC1. The number of aliphatic carboxylic acids is 1. The predicted octanol–water partition coefficient (Wildman–Crippen LogP) is 2.22. The van der Waals surface area contributed by atoms with Crippen molar-refractivity contribution in [1.82, 2.24) is 9.80 Å². The zero-order chi connectivity index (χ0) is 13.9. The van der Waals surface area contributed by atoms with Gasteiger partial charge in [0.2, 0.25) is 0 Å². The van der Waals surface area contributed by atoms with Gasteiger partial charge in [-0.1, -0.05) is 0 Å². The predicted molar refractivity (Wildman–Crippen MR) is 80.3 cm³/mol. The van der Waals surface area contributed by atoms with Crippen LogP contribution in [0.3, 0.4) is 0 Å². The van der Waals surface area contributed by atoms with E-state index in [9.17, 15) is 4.79 Å². The summed E-state index contributed by atoms with van der Waals surface area (Å²) in [5, 5.41) is 11.0. The van der Waals surface area contributed by atoms with Crippen LogP contribution in [0, 0.1) is 0 Å². The van der Waals surface area contributed by atoms with E-state index in [0.29, 0.717) is 12.6 Å². The van der Waals surface area contributed by atoms with Gasteiger partial charge in [0.25, 0.3) is 0 Å². The number of carboxylic acids is 1. The van der Waals surface area contributed by atoms with Crippen molar-refractivity contribution in [2.24, 2.45) is 0 Å². The number of aryl methyl sites for hydroxylation is 1. The molecule has 2 aliphatic rings. The average molecular weight is 294 g/mol. The Balaban J connectivity index is 1.55. The molecule has 5 heteroatoms. The minimum absolute atomic E-state index is 0.262. The summed E-state index contributed by atoms with van der Waals surface area (Å²) in [4.78, 5) is 17.1. The minimum atomic E-state index is -0.692. The molecule has 1 unspecified atom stereocenters. The van der Waals surface area contributed by atoms with Crippen molar-refractivity contribution >= 4 is 17.3 Å². The highest BCUT2D eigenvalue weighted by atomic mass is 32.1. The van der Waals surface area contributed by atoms with E-state index in [0.717, 1.165) is 26.2 Å². The third-order valence-electron chi connectivity index (χ3n) is 4.51.